The van der Waals surface area contributed by atoms with Gasteiger partial charge in [0.25, 0.3) is 0 Å². The molecule has 7 heteroatoms. The van der Waals surface area contributed by atoms with Crippen LogP contribution in [0.4, 0.5) is 5.82 Å². The number of nitrogen functional groups attached to an aromatic ring is 1. The van der Waals surface area contributed by atoms with Crippen molar-refractivity contribution in [3.63, 3.8) is 0 Å². The Hall–Kier alpha value is -2.93. The predicted molar refractivity (Wildman–Crippen MR) is 115 cm³/mol. The fourth-order valence-electron chi connectivity index (χ4n) is 3.28. The van der Waals surface area contributed by atoms with Crippen LogP contribution in [-0.4, -0.2) is 60.0 Å². The Labute approximate surface area is 172 Å². The van der Waals surface area contributed by atoms with E-state index in [-0.39, 0.29) is 11.8 Å². The highest BCUT2D eigenvalue weighted by Crippen LogP contribution is 2.22. The summed E-state index contributed by atoms with van der Waals surface area (Å²) in [6.07, 6.45) is 1.87. The number of hydrogen-bond donors (Lipinski definition) is 2. The van der Waals surface area contributed by atoms with E-state index >= 15 is 0 Å². The third kappa shape index (κ3) is 5.77. The van der Waals surface area contributed by atoms with E-state index < -0.39 is 5.60 Å². The molecule has 0 bridgehead atoms. The molecule has 7 nitrogen and oxygen atoms in total. The van der Waals surface area contributed by atoms with E-state index in [1.165, 1.54) is 0 Å². The summed E-state index contributed by atoms with van der Waals surface area (Å²) in [5.74, 6) is 0.825. The van der Waals surface area contributed by atoms with Crippen molar-refractivity contribution in [2.45, 2.75) is 26.4 Å². The van der Waals surface area contributed by atoms with Crippen LogP contribution in [-0.2, 0) is 9.53 Å². The summed E-state index contributed by atoms with van der Waals surface area (Å²) in [5.41, 5.74) is 7.83. The highest BCUT2D eigenvalue weighted by atomic mass is 16.6. The Kier molecular flexibility index (Phi) is 6.17. The lowest BCUT2D eigenvalue weighted by Crippen LogP contribution is -2.48. The van der Waals surface area contributed by atoms with Gasteiger partial charge >= 0.3 is 5.97 Å². The fraction of sp³-hybridized carbons (Fsp3) is 0.409. The standard InChI is InChI=1S/C22H29N5O2/c1-22(2,3)29-20(28)15-26-10-12-27(13-11-26)19-9-8-18(14-25-19)16-4-6-17(7-5-16)21(23)24/h4-9,14H,10-13,15H2,1-3H3,(H3,23,24). The smallest absolute Gasteiger partial charge is 0.320 e. The zero-order valence-corrected chi connectivity index (χ0v) is 17.3. The Morgan fingerprint density at radius 1 is 1.07 bits per heavy atom. The second-order valence-corrected chi connectivity index (χ2v) is 8.25. The average Bonchev–Trinajstić information content (AvgIpc) is 2.67. The maximum absolute atomic E-state index is 12.0. The van der Waals surface area contributed by atoms with Crippen molar-refractivity contribution in [2.75, 3.05) is 37.6 Å². The summed E-state index contributed by atoms with van der Waals surface area (Å²) in [6, 6.07) is 11.7. The lowest BCUT2D eigenvalue weighted by atomic mass is 10.1. The number of nitrogens with one attached hydrogen (secondary N) is 1. The molecule has 0 saturated carbocycles. The number of hydrogen-bond acceptors (Lipinski definition) is 6. The van der Waals surface area contributed by atoms with Gasteiger partial charge in [0.05, 0.1) is 6.54 Å². The summed E-state index contributed by atoms with van der Waals surface area (Å²) >= 11 is 0. The van der Waals surface area contributed by atoms with Crippen molar-refractivity contribution < 1.29 is 9.53 Å². The quantitative estimate of drug-likeness (QED) is 0.459. The molecule has 1 fully saturated rings. The van der Waals surface area contributed by atoms with Crippen LogP contribution in [0.1, 0.15) is 26.3 Å². The first-order chi connectivity index (χ1) is 13.7. The minimum Gasteiger partial charge on any atom is -0.459 e. The van der Waals surface area contributed by atoms with Gasteiger partial charge in [0.15, 0.2) is 0 Å². The van der Waals surface area contributed by atoms with Crippen molar-refractivity contribution >= 4 is 17.6 Å². The van der Waals surface area contributed by atoms with Crippen LogP contribution in [0.3, 0.4) is 0 Å². The molecule has 0 unspecified atom stereocenters. The number of esters is 1. The van der Waals surface area contributed by atoms with Crippen molar-refractivity contribution in [1.29, 1.82) is 5.41 Å². The number of piperazine rings is 1. The summed E-state index contributed by atoms with van der Waals surface area (Å²) in [6.45, 7) is 9.23. The van der Waals surface area contributed by atoms with Gasteiger partial charge in [-0.05, 0) is 38.5 Å². The maximum atomic E-state index is 12.0. The third-order valence-corrected chi connectivity index (χ3v) is 4.75. The minimum absolute atomic E-state index is 0.0656. The molecule has 2 aromatic rings. The van der Waals surface area contributed by atoms with Gasteiger partial charge in [-0.2, -0.15) is 0 Å². The molecule has 2 heterocycles. The first-order valence-electron chi connectivity index (χ1n) is 9.81. The average molecular weight is 396 g/mol. The van der Waals surface area contributed by atoms with Crippen molar-refractivity contribution in [1.82, 2.24) is 9.88 Å². The number of aromatic nitrogens is 1. The molecule has 1 aliphatic rings. The summed E-state index contributed by atoms with van der Waals surface area (Å²) in [4.78, 5) is 21.0. The van der Waals surface area contributed by atoms with Gasteiger partial charge in [0.1, 0.15) is 17.3 Å². The molecular weight excluding hydrogens is 366 g/mol. The number of carbonyl (C=O) groups is 1. The van der Waals surface area contributed by atoms with Crippen LogP contribution in [0.5, 0.6) is 0 Å². The molecule has 0 atom stereocenters. The van der Waals surface area contributed by atoms with Crippen LogP contribution in [0.2, 0.25) is 0 Å². The van der Waals surface area contributed by atoms with E-state index in [1.54, 1.807) is 0 Å². The number of nitrogens with zero attached hydrogens (tertiary/aromatic N) is 3. The number of benzene rings is 1. The van der Waals surface area contributed by atoms with Crippen LogP contribution < -0.4 is 10.6 Å². The molecule has 0 spiro atoms. The van der Waals surface area contributed by atoms with E-state index in [0.717, 1.165) is 43.1 Å². The molecule has 1 aliphatic heterocycles. The summed E-state index contributed by atoms with van der Waals surface area (Å²) < 4.78 is 5.40. The number of pyridine rings is 1. The van der Waals surface area contributed by atoms with Crippen LogP contribution in [0, 0.1) is 5.41 Å². The van der Waals surface area contributed by atoms with Gasteiger partial charge in [0.2, 0.25) is 0 Å². The number of ether oxygens (including phenoxy) is 1. The molecule has 1 aromatic heterocycles. The van der Waals surface area contributed by atoms with Gasteiger partial charge in [-0.1, -0.05) is 24.3 Å². The van der Waals surface area contributed by atoms with Gasteiger partial charge in [0, 0.05) is 43.5 Å². The summed E-state index contributed by atoms with van der Waals surface area (Å²) in [5, 5.41) is 7.47. The lowest BCUT2D eigenvalue weighted by Gasteiger charge is -2.35. The Morgan fingerprint density at radius 3 is 2.21 bits per heavy atom. The Bertz CT molecular complexity index is 848. The second kappa shape index (κ2) is 8.61. The molecule has 1 saturated heterocycles. The van der Waals surface area contributed by atoms with Crippen molar-refractivity contribution in [3.8, 4) is 11.1 Å². The highest BCUT2D eigenvalue weighted by molar-refractivity contribution is 5.95. The Balaban J connectivity index is 1.55. The molecule has 29 heavy (non-hydrogen) atoms. The molecule has 0 aliphatic carbocycles. The zero-order chi connectivity index (χ0) is 21.0. The highest BCUT2D eigenvalue weighted by Gasteiger charge is 2.23. The van der Waals surface area contributed by atoms with E-state index in [9.17, 15) is 4.79 Å². The van der Waals surface area contributed by atoms with Gasteiger partial charge in [-0.25, -0.2) is 4.98 Å². The zero-order valence-electron chi connectivity index (χ0n) is 17.3. The van der Waals surface area contributed by atoms with E-state index in [1.807, 2.05) is 57.3 Å². The monoisotopic (exact) mass is 395 g/mol. The molecule has 0 amide bonds. The first-order valence-corrected chi connectivity index (χ1v) is 9.81. The third-order valence-electron chi connectivity index (χ3n) is 4.75. The predicted octanol–water partition coefficient (Wildman–Crippen LogP) is 2.50. The number of nitrogens with two attached hydrogens (primary N) is 1. The van der Waals surface area contributed by atoms with Crippen LogP contribution in [0.15, 0.2) is 42.6 Å². The first kappa shape index (κ1) is 20.8. The molecular formula is C22H29N5O2. The summed E-state index contributed by atoms with van der Waals surface area (Å²) in [7, 11) is 0. The molecule has 1 aromatic carbocycles. The maximum Gasteiger partial charge on any atom is 0.320 e. The number of anilines is 1. The van der Waals surface area contributed by atoms with Crippen molar-refractivity contribution in [3.05, 3.63) is 48.2 Å². The Morgan fingerprint density at radius 2 is 1.69 bits per heavy atom. The topological polar surface area (TPSA) is 95.5 Å². The van der Waals surface area contributed by atoms with Crippen molar-refractivity contribution in [2.24, 2.45) is 5.73 Å². The second-order valence-electron chi connectivity index (χ2n) is 8.25. The van der Waals surface area contributed by atoms with E-state index in [2.05, 4.69) is 20.9 Å². The molecule has 3 rings (SSSR count). The fourth-order valence-corrected chi connectivity index (χ4v) is 3.28. The van der Waals surface area contributed by atoms with E-state index in [4.69, 9.17) is 15.9 Å². The number of carbonyl (C=O) groups excluding carboxylic acids is 1. The van der Waals surface area contributed by atoms with Crippen LogP contribution in [0.25, 0.3) is 11.1 Å². The largest absolute Gasteiger partial charge is 0.459 e. The van der Waals surface area contributed by atoms with Gasteiger partial charge in [-0.15, -0.1) is 0 Å². The normalized spacial score (nSPS) is 15.2. The van der Waals surface area contributed by atoms with Crippen LogP contribution >= 0.6 is 0 Å². The molecule has 3 N–H and O–H groups in total. The van der Waals surface area contributed by atoms with E-state index in [0.29, 0.717) is 12.1 Å². The lowest BCUT2D eigenvalue weighted by molar-refractivity contribution is -0.156. The SMILES string of the molecule is CC(C)(C)OC(=O)CN1CCN(c2ccc(-c3ccc(C(=N)N)cc3)cn2)CC1. The minimum atomic E-state index is -0.447. The van der Waals surface area contributed by atoms with Gasteiger partial charge in [-0.3, -0.25) is 15.1 Å². The number of rotatable bonds is 5. The molecule has 154 valence electrons. The van der Waals surface area contributed by atoms with Gasteiger partial charge < -0.3 is 15.4 Å². The molecule has 0 radical (unpaired) electrons. The number of amidine groups is 1.